The summed E-state index contributed by atoms with van der Waals surface area (Å²) in [7, 11) is -3.98. The third-order valence-corrected chi connectivity index (χ3v) is 5.96. The molecule has 1 unspecified atom stereocenters. The Bertz CT molecular complexity index is 1190. The summed E-state index contributed by atoms with van der Waals surface area (Å²) in [4.78, 5) is 0.0851. The second-order valence-corrected chi connectivity index (χ2v) is 7.95. The van der Waals surface area contributed by atoms with E-state index in [1.54, 1.807) is 42.5 Å². The lowest BCUT2D eigenvalue weighted by molar-refractivity contribution is 0.292. The number of halogens is 1. The quantitative estimate of drug-likeness (QED) is 0.261. The zero-order valence-electron chi connectivity index (χ0n) is 13.7. The molecule has 1 atom stereocenters. The molecule has 0 N–H and O–H groups in total. The average molecular weight is 383 g/mol. The van der Waals surface area contributed by atoms with Gasteiger partial charge in [0, 0.05) is 0 Å². The molecular weight excluding hydrogens is 368 g/mol. The van der Waals surface area contributed by atoms with Crippen molar-refractivity contribution < 1.29 is 12.6 Å². The van der Waals surface area contributed by atoms with Crippen LogP contribution in [0.1, 0.15) is 11.1 Å². The molecule has 0 heterocycles. The van der Waals surface area contributed by atoms with E-state index in [0.717, 1.165) is 21.5 Å². The molecule has 0 bridgehead atoms. The molecule has 0 fully saturated rings. The minimum atomic E-state index is -3.98. The van der Waals surface area contributed by atoms with E-state index in [1.165, 1.54) is 0 Å². The van der Waals surface area contributed by atoms with Crippen LogP contribution in [-0.2, 0) is 14.3 Å². The van der Waals surface area contributed by atoms with Crippen LogP contribution in [0, 0.1) is 0 Å². The second kappa shape index (κ2) is 6.72. The van der Waals surface area contributed by atoms with Gasteiger partial charge in [0.25, 0.3) is 10.1 Å². The first-order valence-corrected chi connectivity index (χ1v) is 9.92. The van der Waals surface area contributed by atoms with E-state index in [-0.39, 0.29) is 4.90 Å². The van der Waals surface area contributed by atoms with Crippen molar-refractivity contribution >= 4 is 43.3 Å². The summed E-state index contributed by atoms with van der Waals surface area (Å²) in [5.74, 6) is 0. The third-order valence-electron chi connectivity index (χ3n) is 4.24. The Morgan fingerprint density at radius 1 is 0.692 bits per heavy atom. The normalized spacial score (nSPS) is 13.1. The second-order valence-electron chi connectivity index (χ2n) is 5.99. The molecule has 4 aromatic rings. The van der Waals surface area contributed by atoms with Crippen molar-refractivity contribution in [3.8, 4) is 0 Å². The van der Waals surface area contributed by atoms with E-state index in [9.17, 15) is 8.42 Å². The number of fused-ring (bicyclic) bond motifs is 2. The van der Waals surface area contributed by atoms with E-state index in [0.29, 0.717) is 5.56 Å². The molecule has 3 nitrogen and oxygen atoms in total. The molecule has 0 aliphatic rings. The Morgan fingerprint density at radius 2 is 1.27 bits per heavy atom. The van der Waals surface area contributed by atoms with E-state index >= 15 is 0 Å². The van der Waals surface area contributed by atoms with Crippen LogP contribution in [-0.4, -0.2) is 8.42 Å². The van der Waals surface area contributed by atoms with Crippen molar-refractivity contribution in [2.24, 2.45) is 0 Å². The Hall–Kier alpha value is -2.40. The minimum Gasteiger partial charge on any atom is -0.242 e. The Labute approximate surface area is 156 Å². The Balaban J connectivity index is 1.71. The molecule has 0 aliphatic heterocycles. The number of benzene rings is 4. The molecule has 0 amide bonds. The van der Waals surface area contributed by atoms with Gasteiger partial charge in [-0.25, -0.2) is 4.18 Å². The summed E-state index contributed by atoms with van der Waals surface area (Å²) in [5, 5.41) is 3.96. The van der Waals surface area contributed by atoms with Crippen LogP contribution in [0.3, 0.4) is 0 Å². The summed E-state index contributed by atoms with van der Waals surface area (Å²) in [6.07, 6.45) is 0. The van der Waals surface area contributed by atoms with Crippen LogP contribution >= 0.6 is 11.6 Å². The largest absolute Gasteiger partial charge is 0.298 e. The fraction of sp³-hybridized carbons (Fsp3) is 0.0476. The standard InChI is InChI=1S/C21H15ClO3S/c22-21(15-6-2-1-3-7-15)25-26(23,24)20-11-10-18-12-16-8-4-5-9-17(16)13-19(18)14-20/h1-14,21H. The average Bonchev–Trinajstić information content (AvgIpc) is 2.66. The van der Waals surface area contributed by atoms with Gasteiger partial charge < -0.3 is 0 Å². The van der Waals surface area contributed by atoms with Crippen LogP contribution < -0.4 is 0 Å². The smallest absolute Gasteiger partial charge is 0.242 e. The summed E-state index contributed by atoms with van der Waals surface area (Å²) in [6, 6.07) is 25.7. The topological polar surface area (TPSA) is 43.4 Å². The highest BCUT2D eigenvalue weighted by atomic mass is 35.5. The third kappa shape index (κ3) is 3.31. The highest BCUT2D eigenvalue weighted by Crippen LogP contribution is 2.30. The lowest BCUT2D eigenvalue weighted by Crippen LogP contribution is -2.08. The summed E-state index contributed by atoms with van der Waals surface area (Å²) >= 11 is 6.14. The highest BCUT2D eigenvalue weighted by molar-refractivity contribution is 7.86. The lowest BCUT2D eigenvalue weighted by atomic mass is 10.0. The summed E-state index contributed by atoms with van der Waals surface area (Å²) < 4.78 is 30.4. The van der Waals surface area contributed by atoms with Gasteiger partial charge in [-0.3, -0.25) is 0 Å². The molecule has 4 rings (SSSR count). The van der Waals surface area contributed by atoms with Crippen molar-refractivity contribution in [3.63, 3.8) is 0 Å². The molecular formula is C21H15ClO3S. The van der Waals surface area contributed by atoms with Crippen LogP contribution in [0.2, 0.25) is 0 Å². The van der Waals surface area contributed by atoms with E-state index in [1.807, 2.05) is 42.5 Å². The molecule has 130 valence electrons. The van der Waals surface area contributed by atoms with Crippen molar-refractivity contribution in [2.75, 3.05) is 0 Å². The summed E-state index contributed by atoms with van der Waals surface area (Å²) in [5.41, 5.74) is -0.488. The van der Waals surface area contributed by atoms with E-state index < -0.39 is 15.7 Å². The van der Waals surface area contributed by atoms with Crippen molar-refractivity contribution in [3.05, 3.63) is 90.5 Å². The molecule has 0 saturated heterocycles. The van der Waals surface area contributed by atoms with Gasteiger partial charge in [-0.2, -0.15) is 8.42 Å². The minimum absolute atomic E-state index is 0.0851. The maximum Gasteiger partial charge on any atom is 0.298 e. The van der Waals surface area contributed by atoms with Crippen LogP contribution in [0.5, 0.6) is 0 Å². The van der Waals surface area contributed by atoms with Gasteiger partial charge in [0.1, 0.15) is 0 Å². The predicted molar refractivity (Wildman–Crippen MR) is 105 cm³/mol. The first-order valence-electron chi connectivity index (χ1n) is 8.08. The molecule has 0 aromatic heterocycles. The van der Waals surface area contributed by atoms with Gasteiger partial charge >= 0.3 is 0 Å². The van der Waals surface area contributed by atoms with Crippen LogP contribution in [0.15, 0.2) is 89.8 Å². The van der Waals surface area contributed by atoms with Crippen LogP contribution in [0.25, 0.3) is 21.5 Å². The van der Waals surface area contributed by atoms with Gasteiger partial charge in [-0.15, -0.1) is 0 Å². The van der Waals surface area contributed by atoms with Crippen LogP contribution in [0.4, 0.5) is 0 Å². The zero-order chi connectivity index (χ0) is 18.1. The molecule has 5 heteroatoms. The van der Waals surface area contributed by atoms with Crippen molar-refractivity contribution in [1.82, 2.24) is 0 Å². The van der Waals surface area contributed by atoms with Crippen molar-refractivity contribution in [2.45, 2.75) is 10.5 Å². The van der Waals surface area contributed by atoms with Gasteiger partial charge in [0.15, 0.2) is 5.56 Å². The fourth-order valence-electron chi connectivity index (χ4n) is 2.90. The van der Waals surface area contributed by atoms with Gasteiger partial charge in [-0.05, 0) is 51.4 Å². The summed E-state index contributed by atoms with van der Waals surface area (Å²) in [6.45, 7) is 0. The number of hydrogen-bond acceptors (Lipinski definition) is 3. The SMILES string of the molecule is O=S(=O)(OC(Cl)c1ccccc1)c1ccc2cc3ccccc3cc2c1. The van der Waals surface area contributed by atoms with E-state index in [4.69, 9.17) is 15.8 Å². The molecule has 0 saturated carbocycles. The zero-order valence-corrected chi connectivity index (χ0v) is 15.2. The monoisotopic (exact) mass is 382 g/mol. The predicted octanol–water partition coefficient (Wildman–Crippen LogP) is 5.64. The fourth-order valence-corrected chi connectivity index (χ4v) is 4.28. The van der Waals surface area contributed by atoms with E-state index in [2.05, 4.69) is 0 Å². The Morgan fingerprint density at radius 3 is 1.96 bits per heavy atom. The van der Waals surface area contributed by atoms with Gasteiger partial charge in [0.2, 0.25) is 0 Å². The first kappa shape index (κ1) is 17.0. The van der Waals surface area contributed by atoms with Gasteiger partial charge in [0.05, 0.1) is 4.90 Å². The maximum atomic E-state index is 12.6. The molecule has 4 aromatic carbocycles. The lowest BCUT2D eigenvalue weighted by Gasteiger charge is -2.12. The van der Waals surface area contributed by atoms with Crippen molar-refractivity contribution in [1.29, 1.82) is 0 Å². The maximum absolute atomic E-state index is 12.6. The molecule has 26 heavy (non-hydrogen) atoms. The Kier molecular flexibility index (Phi) is 4.41. The molecule has 0 spiro atoms. The number of rotatable bonds is 4. The number of alkyl halides is 1. The first-order chi connectivity index (χ1) is 12.5. The number of hydrogen-bond donors (Lipinski definition) is 0. The van der Waals surface area contributed by atoms with Gasteiger partial charge in [-0.1, -0.05) is 72.3 Å². The molecule has 0 radical (unpaired) electrons. The highest BCUT2D eigenvalue weighted by Gasteiger charge is 2.21. The molecule has 0 aliphatic carbocycles.